The maximum absolute atomic E-state index is 14.1. The number of nitrogens with two attached hydrogens (primary N) is 2. The minimum atomic E-state index is -0.312. The Labute approximate surface area is 127 Å². The second kappa shape index (κ2) is 6.73. The van der Waals surface area contributed by atoms with Crippen molar-refractivity contribution in [2.45, 2.75) is 36.5 Å². The lowest BCUT2D eigenvalue weighted by molar-refractivity contribution is 0.564. The molecule has 1 aromatic heterocycles. The van der Waals surface area contributed by atoms with Crippen LogP contribution in [0.3, 0.4) is 0 Å². The van der Waals surface area contributed by atoms with Crippen LogP contribution in [0.5, 0.6) is 0 Å². The van der Waals surface area contributed by atoms with E-state index in [1.165, 1.54) is 12.1 Å². The van der Waals surface area contributed by atoms with Gasteiger partial charge >= 0.3 is 0 Å². The van der Waals surface area contributed by atoms with Gasteiger partial charge in [-0.15, -0.1) is 0 Å². The maximum atomic E-state index is 14.1. The number of hydrogen-bond acceptors (Lipinski definition) is 6. The highest BCUT2D eigenvalue weighted by molar-refractivity contribution is 7.99. The van der Waals surface area contributed by atoms with Crippen molar-refractivity contribution in [3.05, 3.63) is 35.6 Å². The predicted molar refractivity (Wildman–Crippen MR) is 83.4 cm³/mol. The van der Waals surface area contributed by atoms with E-state index in [-0.39, 0.29) is 17.5 Å². The Hall–Kier alpha value is -1.86. The summed E-state index contributed by atoms with van der Waals surface area (Å²) in [5.41, 5.74) is 12.1. The van der Waals surface area contributed by atoms with Crippen LogP contribution < -0.4 is 16.8 Å². The van der Waals surface area contributed by atoms with Gasteiger partial charge in [0.1, 0.15) is 17.5 Å². The number of anilines is 2. The molecule has 2 aromatic rings. The number of benzene rings is 1. The Morgan fingerprint density at radius 1 is 1.24 bits per heavy atom. The van der Waals surface area contributed by atoms with Crippen molar-refractivity contribution in [2.24, 2.45) is 0 Å². The lowest BCUT2D eigenvalue weighted by atomic mass is 10.2. The molecular weight excluding hydrogens is 289 g/mol. The average Bonchev–Trinajstić information content (AvgIpc) is 2.38. The number of nitrogen functional groups attached to an aromatic ring is 2. The van der Waals surface area contributed by atoms with Crippen LogP contribution in [0.2, 0.25) is 0 Å². The van der Waals surface area contributed by atoms with E-state index in [1.807, 2.05) is 19.9 Å². The quantitative estimate of drug-likeness (QED) is 0.735. The molecule has 0 unspecified atom stereocenters. The summed E-state index contributed by atoms with van der Waals surface area (Å²) in [6.45, 7) is 4.64. The van der Waals surface area contributed by atoms with Gasteiger partial charge in [-0.1, -0.05) is 26.0 Å². The highest BCUT2D eigenvalue weighted by Crippen LogP contribution is 2.31. The molecule has 0 bridgehead atoms. The van der Waals surface area contributed by atoms with E-state index in [1.54, 1.807) is 6.07 Å². The number of halogens is 1. The normalized spacial score (nSPS) is 11.0. The van der Waals surface area contributed by atoms with Crippen LogP contribution in [0, 0.1) is 5.82 Å². The minimum Gasteiger partial charge on any atom is -0.383 e. The Kier molecular flexibility index (Phi) is 4.98. The summed E-state index contributed by atoms with van der Waals surface area (Å²) >= 11 is 1.12. The van der Waals surface area contributed by atoms with Gasteiger partial charge in [0.15, 0.2) is 5.16 Å². The molecule has 0 aliphatic carbocycles. The first-order valence-corrected chi connectivity index (χ1v) is 7.36. The molecule has 0 atom stereocenters. The first-order chi connectivity index (χ1) is 9.95. The van der Waals surface area contributed by atoms with Crippen LogP contribution >= 0.6 is 11.8 Å². The van der Waals surface area contributed by atoms with Gasteiger partial charge in [0, 0.05) is 18.7 Å². The second-order valence-electron chi connectivity index (χ2n) is 4.87. The molecule has 5 N–H and O–H groups in total. The Bertz CT molecular complexity index is 613. The second-order valence-corrected chi connectivity index (χ2v) is 5.84. The number of hydrogen-bond donors (Lipinski definition) is 3. The third-order valence-corrected chi connectivity index (χ3v) is 3.71. The highest BCUT2D eigenvalue weighted by atomic mass is 32.2. The van der Waals surface area contributed by atoms with E-state index in [4.69, 9.17) is 11.5 Å². The molecule has 1 heterocycles. The summed E-state index contributed by atoms with van der Waals surface area (Å²) < 4.78 is 14.1. The highest BCUT2D eigenvalue weighted by Gasteiger charge is 2.13. The zero-order valence-corrected chi connectivity index (χ0v) is 12.7. The van der Waals surface area contributed by atoms with Crippen molar-refractivity contribution in [1.29, 1.82) is 0 Å². The van der Waals surface area contributed by atoms with Gasteiger partial charge in [0.25, 0.3) is 0 Å². The van der Waals surface area contributed by atoms with Gasteiger partial charge < -0.3 is 16.8 Å². The lowest BCUT2D eigenvalue weighted by Crippen LogP contribution is -2.22. The monoisotopic (exact) mass is 307 g/mol. The zero-order chi connectivity index (χ0) is 15.4. The number of aromatic nitrogens is 2. The molecule has 1 aromatic carbocycles. The summed E-state index contributed by atoms with van der Waals surface area (Å²) in [7, 11) is 0. The predicted octanol–water partition coefficient (Wildman–Crippen LogP) is 2.43. The average molecular weight is 307 g/mol. The van der Waals surface area contributed by atoms with Crippen molar-refractivity contribution in [3.63, 3.8) is 0 Å². The third kappa shape index (κ3) is 4.30. The Balaban J connectivity index is 2.29. The van der Waals surface area contributed by atoms with Crippen LogP contribution in [-0.2, 0) is 6.54 Å². The fourth-order valence-corrected chi connectivity index (χ4v) is 2.64. The van der Waals surface area contributed by atoms with Gasteiger partial charge in [-0.05, 0) is 23.4 Å². The Morgan fingerprint density at radius 2 is 1.90 bits per heavy atom. The van der Waals surface area contributed by atoms with E-state index >= 15 is 0 Å². The van der Waals surface area contributed by atoms with Crippen LogP contribution in [-0.4, -0.2) is 16.0 Å². The van der Waals surface area contributed by atoms with E-state index in [9.17, 15) is 4.39 Å². The van der Waals surface area contributed by atoms with Gasteiger partial charge in [-0.25, -0.2) is 14.4 Å². The van der Waals surface area contributed by atoms with Crippen molar-refractivity contribution < 1.29 is 4.39 Å². The molecule has 7 heteroatoms. The molecule has 0 radical (unpaired) electrons. The molecular formula is C14H18FN5S. The van der Waals surface area contributed by atoms with E-state index < -0.39 is 0 Å². The smallest absolute Gasteiger partial charge is 0.196 e. The van der Waals surface area contributed by atoms with Gasteiger partial charge in [-0.2, -0.15) is 0 Å². The van der Waals surface area contributed by atoms with E-state index in [0.29, 0.717) is 22.6 Å². The summed E-state index contributed by atoms with van der Waals surface area (Å²) in [6, 6.07) is 6.75. The molecule has 112 valence electrons. The van der Waals surface area contributed by atoms with Gasteiger partial charge in [0.05, 0.1) is 4.90 Å². The van der Waals surface area contributed by atoms with Crippen molar-refractivity contribution >= 4 is 23.4 Å². The van der Waals surface area contributed by atoms with Gasteiger partial charge in [-0.3, -0.25) is 0 Å². The van der Waals surface area contributed by atoms with Crippen molar-refractivity contribution in [2.75, 3.05) is 11.5 Å². The molecule has 21 heavy (non-hydrogen) atoms. The SMILES string of the molecule is CC(C)NCc1cccc(F)c1Sc1nc(N)cc(N)n1. The lowest BCUT2D eigenvalue weighted by Gasteiger charge is -2.12. The third-order valence-electron chi connectivity index (χ3n) is 2.69. The minimum absolute atomic E-state index is 0.267. The maximum Gasteiger partial charge on any atom is 0.196 e. The van der Waals surface area contributed by atoms with Crippen molar-refractivity contribution in [3.8, 4) is 0 Å². The summed E-state index contributed by atoms with van der Waals surface area (Å²) in [4.78, 5) is 8.62. The first-order valence-electron chi connectivity index (χ1n) is 6.54. The van der Waals surface area contributed by atoms with Crippen LogP contribution in [0.4, 0.5) is 16.0 Å². The zero-order valence-electron chi connectivity index (χ0n) is 11.9. The largest absolute Gasteiger partial charge is 0.383 e. The molecule has 0 aliphatic rings. The van der Waals surface area contributed by atoms with E-state index in [0.717, 1.165) is 17.3 Å². The number of nitrogens with one attached hydrogen (secondary N) is 1. The molecule has 5 nitrogen and oxygen atoms in total. The van der Waals surface area contributed by atoms with Crippen LogP contribution in [0.1, 0.15) is 19.4 Å². The fraction of sp³-hybridized carbons (Fsp3) is 0.286. The van der Waals surface area contributed by atoms with Crippen LogP contribution in [0.15, 0.2) is 34.3 Å². The van der Waals surface area contributed by atoms with Gasteiger partial charge in [0.2, 0.25) is 0 Å². The molecule has 2 rings (SSSR count). The summed E-state index contributed by atoms with van der Waals surface area (Å²) in [6.07, 6.45) is 0. The number of nitrogens with zero attached hydrogens (tertiary/aromatic N) is 2. The molecule has 0 amide bonds. The first kappa shape index (κ1) is 15.5. The van der Waals surface area contributed by atoms with E-state index in [2.05, 4.69) is 15.3 Å². The standard InChI is InChI=1S/C14H18FN5S/c1-8(2)18-7-9-4-3-5-10(15)13(9)21-14-19-11(16)6-12(17)20-14/h3-6,8,18H,7H2,1-2H3,(H4,16,17,19,20). The Morgan fingerprint density at radius 3 is 2.52 bits per heavy atom. The van der Waals surface area contributed by atoms with Crippen molar-refractivity contribution in [1.82, 2.24) is 15.3 Å². The van der Waals surface area contributed by atoms with Crippen LogP contribution in [0.25, 0.3) is 0 Å². The molecule has 0 spiro atoms. The summed E-state index contributed by atoms with van der Waals surface area (Å²) in [5.74, 6) is 0.221. The number of rotatable bonds is 5. The molecule has 0 fully saturated rings. The topological polar surface area (TPSA) is 89.8 Å². The molecule has 0 saturated carbocycles. The fourth-order valence-electron chi connectivity index (χ4n) is 1.72. The molecule has 0 saturated heterocycles. The molecule has 0 aliphatic heterocycles. The summed E-state index contributed by atoms with van der Waals surface area (Å²) in [5, 5.41) is 3.60.